The Kier molecular flexibility index (Phi) is 6.80. The summed E-state index contributed by atoms with van der Waals surface area (Å²) >= 11 is 0. The van der Waals surface area contributed by atoms with Crippen LogP contribution in [0.25, 0.3) is 0 Å². The molecule has 0 radical (unpaired) electrons. The first kappa shape index (κ1) is 16.4. The van der Waals surface area contributed by atoms with Crippen molar-refractivity contribution in [1.82, 2.24) is 0 Å². The molecule has 0 spiro atoms. The molecule has 1 unspecified atom stereocenters. The van der Waals surface area contributed by atoms with Crippen molar-refractivity contribution in [2.24, 2.45) is 5.92 Å². The van der Waals surface area contributed by atoms with Crippen LogP contribution in [0.2, 0.25) is 0 Å². The summed E-state index contributed by atoms with van der Waals surface area (Å²) < 4.78 is 5.69. The van der Waals surface area contributed by atoms with Crippen molar-refractivity contribution in [3.63, 3.8) is 0 Å². The maximum atomic E-state index is 9.01. The zero-order valence-electron chi connectivity index (χ0n) is 13.2. The van der Waals surface area contributed by atoms with Crippen LogP contribution < -0.4 is 0 Å². The second-order valence-electron chi connectivity index (χ2n) is 5.73. The van der Waals surface area contributed by atoms with Crippen molar-refractivity contribution in [1.29, 1.82) is 0 Å². The molecule has 1 atom stereocenters. The zero-order valence-corrected chi connectivity index (χ0v) is 13.2. The first-order valence-corrected chi connectivity index (χ1v) is 8.00. The van der Waals surface area contributed by atoms with Crippen LogP contribution in [0.4, 0.5) is 0 Å². The quantitative estimate of drug-likeness (QED) is 0.613. The summed E-state index contributed by atoms with van der Waals surface area (Å²) in [5.74, 6) is 8.28. The lowest BCUT2D eigenvalue weighted by molar-refractivity contribution is 0.228. The van der Waals surface area contributed by atoms with E-state index in [1.807, 2.05) is 25.1 Å². The smallest absolute Gasteiger partial charge is 0.177 e. The Bertz CT molecular complexity index is 601. The van der Waals surface area contributed by atoms with Crippen molar-refractivity contribution in [3.05, 3.63) is 59.5 Å². The Labute approximate surface area is 133 Å². The van der Waals surface area contributed by atoms with Gasteiger partial charge in [-0.3, -0.25) is 0 Å². The van der Waals surface area contributed by atoms with Gasteiger partial charge in [-0.15, -0.1) is 0 Å². The summed E-state index contributed by atoms with van der Waals surface area (Å²) in [5.41, 5.74) is 1.36. The molecule has 2 heteroatoms. The van der Waals surface area contributed by atoms with Gasteiger partial charge in [-0.1, -0.05) is 43.2 Å². The van der Waals surface area contributed by atoms with Gasteiger partial charge >= 0.3 is 0 Å². The van der Waals surface area contributed by atoms with E-state index < -0.39 is 0 Å². The molecule has 0 fully saturated rings. The summed E-state index contributed by atoms with van der Waals surface area (Å²) in [7, 11) is 0. The van der Waals surface area contributed by atoms with Gasteiger partial charge in [-0.2, -0.15) is 0 Å². The van der Waals surface area contributed by atoms with Crippen molar-refractivity contribution in [2.45, 2.75) is 39.0 Å². The molecule has 22 heavy (non-hydrogen) atoms. The van der Waals surface area contributed by atoms with Crippen LogP contribution in [0.1, 0.15) is 43.3 Å². The Hall–Kier alpha value is -1.98. The minimum atomic E-state index is 0.231. The Balaban J connectivity index is 1.72. The highest BCUT2D eigenvalue weighted by atomic mass is 16.3. The van der Waals surface area contributed by atoms with Gasteiger partial charge in [0.1, 0.15) is 5.76 Å². The Morgan fingerprint density at radius 1 is 1.09 bits per heavy atom. The fourth-order valence-corrected chi connectivity index (χ4v) is 2.23. The maximum absolute atomic E-state index is 9.01. The van der Waals surface area contributed by atoms with Crippen LogP contribution >= 0.6 is 0 Å². The molecule has 2 rings (SSSR count). The van der Waals surface area contributed by atoms with E-state index in [0.29, 0.717) is 5.92 Å². The molecule has 1 aromatic heterocycles. The maximum Gasteiger partial charge on any atom is 0.177 e. The summed E-state index contributed by atoms with van der Waals surface area (Å²) in [6, 6.07) is 14.4. The summed E-state index contributed by atoms with van der Waals surface area (Å²) in [6.07, 6.45) is 4.81. The predicted octanol–water partition coefficient (Wildman–Crippen LogP) is 4.22. The third-order valence-electron chi connectivity index (χ3n) is 3.68. The first-order valence-electron chi connectivity index (χ1n) is 8.00. The molecule has 2 nitrogen and oxygen atoms in total. The predicted molar refractivity (Wildman–Crippen MR) is 89.5 cm³/mol. The number of aliphatic hydroxyl groups excluding tert-OH is 1. The molecule has 1 aromatic carbocycles. The van der Waals surface area contributed by atoms with Crippen molar-refractivity contribution < 1.29 is 9.52 Å². The molecule has 0 saturated heterocycles. The Morgan fingerprint density at radius 2 is 1.91 bits per heavy atom. The standard InChI is InChI=1S/C20H24O2/c1-17(16-21)12-13-20-15-14-19(22-20)11-7-3-6-10-18-8-4-2-5-9-18/h2,4-5,8-9,14-15,17,21H,3,6,10,12-13,16H2,1H3. The molecule has 1 N–H and O–H groups in total. The number of benzene rings is 1. The van der Waals surface area contributed by atoms with Crippen LogP contribution in [0.15, 0.2) is 46.9 Å². The highest BCUT2D eigenvalue weighted by Crippen LogP contribution is 2.12. The van der Waals surface area contributed by atoms with Crippen LogP contribution in [-0.2, 0) is 12.8 Å². The molecular formula is C20H24O2. The zero-order chi connectivity index (χ0) is 15.6. The molecule has 0 bridgehead atoms. The average molecular weight is 296 g/mol. The highest BCUT2D eigenvalue weighted by Gasteiger charge is 2.04. The molecule has 2 aromatic rings. The fourth-order valence-electron chi connectivity index (χ4n) is 2.23. The average Bonchev–Trinajstić information content (AvgIpc) is 3.01. The second-order valence-corrected chi connectivity index (χ2v) is 5.73. The molecule has 0 amide bonds. The van der Waals surface area contributed by atoms with Crippen molar-refractivity contribution >= 4 is 0 Å². The third-order valence-corrected chi connectivity index (χ3v) is 3.68. The van der Waals surface area contributed by atoms with Gasteiger partial charge in [0.05, 0.1) is 0 Å². The monoisotopic (exact) mass is 296 g/mol. The van der Waals surface area contributed by atoms with E-state index >= 15 is 0 Å². The van der Waals surface area contributed by atoms with E-state index in [4.69, 9.17) is 9.52 Å². The number of aliphatic hydroxyl groups is 1. The molecule has 1 heterocycles. The molecular weight excluding hydrogens is 272 g/mol. The first-order chi connectivity index (χ1) is 10.8. The lowest BCUT2D eigenvalue weighted by Gasteiger charge is -2.04. The van der Waals surface area contributed by atoms with Crippen LogP contribution in [0, 0.1) is 17.8 Å². The molecule has 116 valence electrons. The molecule has 0 saturated carbocycles. The van der Waals surface area contributed by atoms with Gasteiger partial charge in [0.15, 0.2) is 5.76 Å². The fraction of sp³-hybridized carbons (Fsp3) is 0.400. The van der Waals surface area contributed by atoms with E-state index in [1.165, 1.54) is 5.56 Å². The van der Waals surface area contributed by atoms with E-state index in [-0.39, 0.29) is 6.61 Å². The lowest BCUT2D eigenvalue weighted by atomic mass is 10.1. The molecule has 0 aliphatic heterocycles. The number of hydrogen-bond donors (Lipinski definition) is 1. The normalized spacial score (nSPS) is 11.7. The van der Waals surface area contributed by atoms with Crippen molar-refractivity contribution in [2.75, 3.05) is 6.61 Å². The van der Waals surface area contributed by atoms with E-state index in [9.17, 15) is 0 Å². The van der Waals surface area contributed by atoms with Gasteiger partial charge < -0.3 is 9.52 Å². The van der Waals surface area contributed by atoms with E-state index in [0.717, 1.165) is 43.6 Å². The number of hydrogen-bond acceptors (Lipinski definition) is 2. The van der Waals surface area contributed by atoms with E-state index in [1.54, 1.807) is 0 Å². The minimum absolute atomic E-state index is 0.231. The van der Waals surface area contributed by atoms with Crippen LogP contribution in [-0.4, -0.2) is 11.7 Å². The topological polar surface area (TPSA) is 33.4 Å². The Morgan fingerprint density at radius 3 is 2.68 bits per heavy atom. The molecule has 0 aliphatic carbocycles. The van der Waals surface area contributed by atoms with Crippen LogP contribution in [0.5, 0.6) is 0 Å². The second kappa shape index (κ2) is 9.12. The number of furan rings is 1. The SMILES string of the molecule is CC(CO)CCc1ccc(C#CCCCc2ccccc2)o1. The summed E-state index contributed by atoms with van der Waals surface area (Å²) in [5, 5.41) is 9.01. The summed E-state index contributed by atoms with van der Waals surface area (Å²) in [6.45, 7) is 2.27. The van der Waals surface area contributed by atoms with Gasteiger partial charge in [-0.25, -0.2) is 0 Å². The number of unbranched alkanes of at least 4 members (excludes halogenated alkanes) is 1. The van der Waals surface area contributed by atoms with Gasteiger partial charge in [0.25, 0.3) is 0 Å². The van der Waals surface area contributed by atoms with Gasteiger partial charge in [0, 0.05) is 19.4 Å². The van der Waals surface area contributed by atoms with E-state index in [2.05, 4.69) is 36.1 Å². The number of aryl methyl sites for hydroxylation is 2. The largest absolute Gasteiger partial charge is 0.453 e. The minimum Gasteiger partial charge on any atom is -0.453 e. The van der Waals surface area contributed by atoms with Crippen molar-refractivity contribution in [3.8, 4) is 11.8 Å². The van der Waals surface area contributed by atoms with Crippen LogP contribution in [0.3, 0.4) is 0 Å². The summed E-state index contributed by atoms with van der Waals surface area (Å²) in [4.78, 5) is 0. The third kappa shape index (κ3) is 5.79. The molecule has 0 aliphatic rings. The lowest BCUT2D eigenvalue weighted by Crippen LogP contribution is -2.01. The number of rotatable bonds is 7. The highest BCUT2D eigenvalue weighted by molar-refractivity contribution is 5.26. The van der Waals surface area contributed by atoms with Gasteiger partial charge in [0.2, 0.25) is 0 Å². The van der Waals surface area contributed by atoms with Gasteiger partial charge in [-0.05, 0) is 48.8 Å².